The summed E-state index contributed by atoms with van der Waals surface area (Å²) in [5, 5.41) is 9.10. The third kappa shape index (κ3) is 2.34. The predicted molar refractivity (Wildman–Crippen MR) is 60.3 cm³/mol. The van der Waals surface area contributed by atoms with Crippen LogP contribution in [0.5, 0.6) is 0 Å². The molecule has 94 valence electrons. The number of nitrogens with zero attached hydrogens (tertiary/aromatic N) is 1. The summed E-state index contributed by atoms with van der Waals surface area (Å²) in [7, 11) is -2.22. The molecule has 1 aliphatic carbocycles. The molecule has 0 heterocycles. The van der Waals surface area contributed by atoms with E-state index in [0.717, 1.165) is 25.0 Å². The maximum absolute atomic E-state index is 13.1. The highest BCUT2D eigenvalue weighted by Crippen LogP contribution is 2.31. The van der Waals surface area contributed by atoms with E-state index in [9.17, 15) is 12.8 Å². The summed E-state index contributed by atoms with van der Waals surface area (Å²) in [4.78, 5) is -0.144. The maximum atomic E-state index is 13.1. The van der Waals surface area contributed by atoms with Crippen molar-refractivity contribution in [3.8, 4) is 0 Å². The SMILES string of the molecule is CN(C1CC1)S(=O)(=O)c1cc(F)ccc1CO. The van der Waals surface area contributed by atoms with Gasteiger partial charge in [0, 0.05) is 13.1 Å². The summed E-state index contributed by atoms with van der Waals surface area (Å²) in [6.45, 7) is -0.423. The first-order chi connectivity index (χ1) is 7.96. The number of halogens is 1. The van der Waals surface area contributed by atoms with Crippen LogP contribution < -0.4 is 0 Å². The van der Waals surface area contributed by atoms with E-state index in [1.807, 2.05) is 0 Å². The zero-order chi connectivity index (χ0) is 12.6. The summed E-state index contributed by atoms with van der Waals surface area (Å²) in [6.07, 6.45) is 1.67. The smallest absolute Gasteiger partial charge is 0.243 e. The van der Waals surface area contributed by atoms with Crippen molar-refractivity contribution in [1.29, 1.82) is 0 Å². The second-order valence-corrected chi connectivity index (χ2v) is 6.13. The van der Waals surface area contributed by atoms with E-state index >= 15 is 0 Å². The van der Waals surface area contributed by atoms with Gasteiger partial charge in [0.05, 0.1) is 11.5 Å². The first-order valence-electron chi connectivity index (χ1n) is 5.34. The first kappa shape index (κ1) is 12.5. The summed E-state index contributed by atoms with van der Waals surface area (Å²) >= 11 is 0. The molecule has 0 amide bonds. The molecule has 2 rings (SSSR count). The minimum atomic E-state index is -3.71. The second kappa shape index (κ2) is 4.36. The monoisotopic (exact) mass is 259 g/mol. The third-order valence-electron chi connectivity index (χ3n) is 2.92. The number of hydrogen-bond acceptors (Lipinski definition) is 3. The molecule has 17 heavy (non-hydrogen) atoms. The number of aliphatic hydroxyl groups excluding tert-OH is 1. The summed E-state index contributed by atoms with van der Waals surface area (Å²) in [6, 6.07) is 3.40. The normalized spacial score (nSPS) is 16.5. The second-order valence-electron chi connectivity index (χ2n) is 4.16. The van der Waals surface area contributed by atoms with Crippen LogP contribution in [-0.4, -0.2) is 30.9 Å². The lowest BCUT2D eigenvalue weighted by Gasteiger charge is -2.18. The highest BCUT2D eigenvalue weighted by atomic mass is 32.2. The zero-order valence-corrected chi connectivity index (χ0v) is 10.2. The van der Waals surface area contributed by atoms with Gasteiger partial charge in [-0.25, -0.2) is 12.8 Å². The van der Waals surface area contributed by atoms with Gasteiger partial charge in [-0.3, -0.25) is 0 Å². The number of hydrogen-bond donors (Lipinski definition) is 1. The lowest BCUT2D eigenvalue weighted by Crippen LogP contribution is -2.29. The average Bonchev–Trinajstić information content (AvgIpc) is 3.11. The Labute approximate surface area is 99.7 Å². The summed E-state index contributed by atoms with van der Waals surface area (Å²) in [5.41, 5.74) is 0.221. The molecule has 0 bridgehead atoms. The third-order valence-corrected chi connectivity index (χ3v) is 4.91. The van der Waals surface area contributed by atoms with Gasteiger partial charge in [0.25, 0.3) is 0 Å². The molecule has 0 saturated heterocycles. The van der Waals surface area contributed by atoms with Crippen LogP contribution >= 0.6 is 0 Å². The lowest BCUT2D eigenvalue weighted by atomic mass is 10.2. The molecule has 4 nitrogen and oxygen atoms in total. The van der Waals surface area contributed by atoms with Gasteiger partial charge < -0.3 is 5.11 Å². The maximum Gasteiger partial charge on any atom is 0.243 e. The van der Waals surface area contributed by atoms with Gasteiger partial charge in [-0.1, -0.05) is 6.07 Å². The number of sulfonamides is 1. The van der Waals surface area contributed by atoms with E-state index in [0.29, 0.717) is 0 Å². The molecule has 0 atom stereocenters. The van der Waals surface area contributed by atoms with Gasteiger partial charge in [-0.05, 0) is 30.5 Å². The number of benzene rings is 1. The van der Waals surface area contributed by atoms with E-state index in [2.05, 4.69) is 0 Å². The Morgan fingerprint density at radius 3 is 2.65 bits per heavy atom. The molecule has 1 aliphatic rings. The van der Waals surface area contributed by atoms with Crippen LogP contribution in [0.15, 0.2) is 23.1 Å². The fourth-order valence-corrected chi connectivity index (χ4v) is 3.33. The minimum Gasteiger partial charge on any atom is -0.392 e. The molecular weight excluding hydrogens is 245 g/mol. The highest BCUT2D eigenvalue weighted by molar-refractivity contribution is 7.89. The number of aliphatic hydroxyl groups is 1. The van der Waals surface area contributed by atoms with Crippen molar-refractivity contribution in [1.82, 2.24) is 4.31 Å². The van der Waals surface area contributed by atoms with E-state index in [-0.39, 0.29) is 16.5 Å². The molecule has 1 aromatic carbocycles. The molecule has 1 saturated carbocycles. The zero-order valence-electron chi connectivity index (χ0n) is 9.43. The van der Waals surface area contributed by atoms with Gasteiger partial charge in [0.1, 0.15) is 5.82 Å². The van der Waals surface area contributed by atoms with E-state index < -0.39 is 22.4 Å². The fourth-order valence-electron chi connectivity index (χ4n) is 1.69. The molecule has 0 radical (unpaired) electrons. The van der Waals surface area contributed by atoms with Crippen molar-refractivity contribution < 1.29 is 17.9 Å². The average molecular weight is 259 g/mol. The quantitative estimate of drug-likeness (QED) is 0.881. The van der Waals surface area contributed by atoms with Crippen LogP contribution in [0.4, 0.5) is 4.39 Å². The van der Waals surface area contributed by atoms with Crippen LogP contribution in [0, 0.1) is 5.82 Å². The standard InChI is InChI=1S/C11H14FNO3S/c1-13(10-4-5-10)17(15,16)11-6-9(12)3-2-8(11)7-14/h2-3,6,10,14H,4-5,7H2,1H3. The lowest BCUT2D eigenvalue weighted by molar-refractivity contribution is 0.278. The molecule has 0 aliphatic heterocycles. The van der Waals surface area contributed by atoms with Crippen LogP contribution in [0.3, 0.4) is 0 Å². The fraction of sp³-hybridized carbons (Fsp3) is 0.455. The predicted octanol–water partition coefficient (Wildman–Crippen LogP) is 1.10. The van der Waals surface area contributed by atoms with Crippen molar-refractivity contribution in [2.24, 2.45) is 0 Å². The van der Waals surface area contributed by atoms with E-state index in [1.165, 1.54) is 17.4 Å². The molecule has 1 fully saturated rings. The largest absolute Gasteiger partial charge is 0.392 e. The Morgan fingerprint density at radius 2 is 2.12 bits per heavy atom. The Kier molecular flexibility index (Phi) is 3.20. The van der Waals surface area contributed by atoms with Gasteiger partial charge >= 0.3 is 0 Å². The Morgan fingerprint density at radius 1 is 1.47 bits per heavy atom. The highest BCUT2D eigenvalue weighted by Gasteiger charge is 2.36. The molecule has 1 N–H and O–H groups in total. The Balaban J connectivity index is 2.47. The molecule has 0 unspecified atom stereocenters. The van der Waals surface area contributed by atoms with Crippen molar-refractivity contribution in [2.75, 3.05) is 7.05 Å². The van der Waals surface area contributed by atoms with Crippen LogP contribution in [0.1, 0.15) is 18.4 Å². The van der Waals surface area contributed by atoms with Gasteiger partial charge in [-0.2, -0.15) is 4.31 Å². The van der Waals surface area contributed by atoms with Gasteiger partial charge in [-0.15, -0.1) is 0 Å². The first-order valence-corrected chi connectivity index (χ1v) is 6.78. The van der Waals surface area contributed by atoms with Crippen molar-refractivity contribution in [3.63, 3.8) is 0 Å². The summed E-state index contributed by atoms with van der Waals surface area (Å²) in [5.74, 6) is -0.620. The molecule has 0 aromatic heterocycles. The van der Waals surface area contributed by atoms with Gasteiger partial charge in [0.2, 0.25) is 10.0 Å². The van der Waals surface area contributed by atoms with Crippen LogP contribution in [0.2, 0.25) is 0 Å². The Bertz CT molecular complexity index is 526. The minimum absolute atomic E-state index is 0.00908. The van der Waals surface area contributed by atoms with E-state index in [1.54, 1.807) is 0 Å². The van der Waals surface area contributed by atoms with Crippen molar-refractivity contribution in [2.45, 2.75) is 30.4 Å². The Hall–Kier alpha value is -0.980. The van der Waals surface area contributed by atoms with Crippen molar-refractivity contribution >= 4 is 10.0 Å². The molecule has 6 heteroatoms. The van der Waals surface area contributed by atoms with Crippen LogP contribution in [0.25, 0.3) is 0 Å². The van der Waals surface area contributed by atoms with Crippen LogP contribution in [-0.2, 0) is 16.6 Å². The number of rotatable bonds is 4. The molecule has 1 aromatic rings. The van der Waals surface area contributed by atoms with Crippen molar-refractivity contribution in [3.05, 3.63) is 29.6 Å². The molecular formula is C11H14FNO3S. The molecule has 0 spiro atoms. The van der Waals surface area contributed by atoms with Gasteiger partial charge in [0.15, 0.2) is 0 Å². The summed E-state index contributed by atoms with van der Waals surface area (Å²) < 4.78 is 38.8. The van der Waals surface area contributed by atoms with E-state index in [4.69, 9.17) is 5.11 Å². The topological polar surface area (TPSA) is 57.6 Å².